The lowest BCUT2D eigenvalue weighted by Gasteiger charge is -2.14. The number of nitrogens with one attached hydrogen (secondary N) is 1. The van der Waals surface area contributed by atoms with E-state index < -0.39 is 0 Å². The lowest BCUT2D eigenvalue weighted by atomic mass is 10.0. The van der Waals surface area contributed by atoms with Crippen molar-refractivity contribution in [3.8, 4) is 11.3 Å². The van der Waals surface area contributed by atoms with Crippen molar-refractivity contribution in [2.45, 2.75) is 40.0 Å². The number of nitrogens with zero attached hydrogens (tertiary/aromatic N) is 2. The van der Waals surface area contributed by atoms with Gasteiger partial charge >= 0.3 is 0 Å². The van der Waals surface area contributed by atoms with Crippen molar-refractivity contribution in [3.05, 3.63) is 41.2 Å². The molecule has 1 heterocycles. The third-order valence-electron chi connectivity index (χ3n) is 3.55. The highest BCUT2D eigenvalue weighted by molar-refractivity contribution is 5.68. The molecule has 20 heavy (non-hydrogen) atoms. The second-order valence-corrected chi connectivity index (χ2v) is 5.36. The van der Waals surface area contributed by atoms with Crippen molar-refractivity contribution in [1.29, 1.82) is 0 Å². The van der Waals surface area contributed by atoms with Crippen LogP contribution in [-0.2, 0) is 6.42 Å². The van der Waals surface area contributed by atoms with Crippen LogP contribution in [0.25, 0.3) is 11.3 Å². The third-order valence-corrected chi connectivity index (χ3v) is 3.55. The minimum absolute atomic E-state index is 0.316. The molecule has 2 aromatic rings. The Kier molecular flexibility index (Phi) is 4.38. The van der Waals surface area contributed by atoms with Gasteiger partial charge in [-0.05, 0) is 18.9 Å². The van der Waals surface area contributed by atoms with Crippen molar-refractivity contribution in [1.82, 2.24) is 9.97 Å². The molecule has 2 rings (SSSR count). The van der Waals surface area contributed by atoms with Crippen molar-refractivity contribution in [2.75, 3.05) is 12.4 Å². The largest absolute Gasteiger partial charge is 0.373 e. The van der Waals surface area contributed by atoms with Crippen LogP contribution in [0.5, 0.6) is 0 Å². The smallest absolute Gasteiger partial charge is 0.133 e. The third kappa shape index (κ3) is 2.82. The Balaban J connectivity index is 2.55. The second-order valence-electron chi connectivity index (χ2n) is 5.36. The van der Waals surface area contributed by atoms with Crippen LogP contribution in [0.2, 0.25) is 0 Å². The van der Waals surface area contributed by atoms with Gasteiger partial charge in [0.15, 0.2) is 0 Å². The first kappa shape index (κ1) is 14.5. The van der Waals surface area contributed by atoms with Crippen molar-refractivity contribution in [2.24, 2.45) is 0 Å². The zero-order valence-electron chi connectivity index (χ0n) is 13.0. The molecule has 1 N–H and O–H groups in total. The first-order valence-corrected chi connectivity index (χ1v) is 7.22. The van der Waals surface area contributed by atoms with E-state index >= 15 is 0 Å². The molecule has 0 fully saturated rings. The summed E-state index contributed by atoms with van der Waals surface area (Å²) in [5.41, 5.74) is 4.62. The van der Waals surface area contributed by atoms with E-state index in [1.54, 1.807) is 0 Å². The molecule has 106 valence electrons. The first-order chi connectivity index (χ1) is 9.56. The Morgan fingerprint density at radius 3 is 2.25 bits per heavy atom. The molecule has 0 unspecified atom stereocenters. The molecule has 0 saturated heterocycles. The van der Waals surface area contributed by atoms with E-state index in [0.717, 1.165) is 34.9 Å². The van der Waals surface area contributed by atoms with Gasteiger partial charge in [0, 0.05) is 24.1 Å². The molecule has 0 amide bonds. The number of anilines is 1. The van der Waals surface area contributed by atoms with Gasteiger partial charge in [-0.1, -0.05) is 45.0 Å². The fourth-order valence-corrected chi connectivity index (χ4v) is 2.21. The molecule has 1 aromatic heterocycles. The minimum atomic E-state index is 0.316. The number of benzene rings is 1. The highest BCUT2D eigenvalue weighted by Gasteiger charge is 2.13. The highest BCUT2D eigenvalue weighted by Crippen LogP contribution is 2.27. The summed E-state index contributed by atoms with van der Waals surface area (Å²) in [6.07, 6.45) is 1.06. The lowest BCUT2D eigenvalue weighted by molar-refractivity contribution is 0.775. The monoisotopic (exact) mass is 269 g/mol. The normalized spacial score (nSPS) is 10.9. The molecule has 0 aliphatic rings. The molecule has 3 heteroatoms. The van der Waals surface area contributed by atoms with Crippen LogP contribution in [0.3, 0.4) is 0 Å². The Morgan fingerprint density at radius 1 is 1.10 bits per heavy atom. The van der Waals surface area contributed by atoms with Crippen LogP contribution >= 0.6 is 0 Å². The number of aromatic nitrogens is 2. The van der Waals surface area contributed by atoms with Crippen LogP contribution in [0, 0.1) is 6.92 Å². The van der Waals surface area contributed by atoms with Crippen molar-refractivity contribution < 1.29 is 0 Å². The molecular weight excluding hydrogens is 246 g/mol. The number of hydrogen-bond acceptors (Lipinski definition) is 3. The van der Waals surface area contributed by atoms with Gasteiger partial charge in [0.1, 0.15) is 11.6 Å². The van der Waals surface area contributed by atoms with Crippen LogP contribution < -0.4 is 5.32 Å². The maximum atomic E-state index is 4.76. The Morgan fingerprint density at radius 2 is 1.75 bits per heavy atom. The zero-order chi connectivity index (χ0) is 14.7. The summed E-state index contributed by atoms with van der Waals surface area (Å²) in [7, 11) is 1.91. The fourth-order valence-electron chi connectivity index (χ4n) is 2.21. The van der Waals surface area contributed by atoms with E-state index in [4.69, 9.17) is 4.98 Å². The van der Waals surface area contributed by atoms with E-state index in [-0.39, 0.29) is 0 Å². The van der Waals surface area contributed by atoms with E-state index in [9.17, 15) is 0 Å². The van der Waals surface area contributed by atoms with Gasteiger partial charge < -0.3 is 5.32 Å². The van der Waals surface area contributed by atoms with E-state index in [1.807, 2.05) is 7.05 Å². The molecular formula is C17H23N3. The molecule has 0 aliphatic carbocycles. The van der Waals surface area contributed by atoms with Crippen LogP contribution in [-0.4, -0.2) is 17.0 Å². The summed E-state index contributed by atoms with van der Waals surface area (Å²) in [5, 5.41) is 3.17. The van der Waals surface area contributed by atoms with Gasteiger partial charge in [-0.25, -0.2) is 9.97 Å². The topological polar surface area (TPSA) is 37.8 Å². The molecule has 0 radical (unpaired) electrons. The lowest BCUT2D eigenvalue weighted by Crippen LogP contribution is -2.06. The summed E-state index contributed by atoms with van der Waals surface area (Å²) in [6.45, 7) is 8.47. The second kappa shape index (κ2) is 6.04. The average molecular weight is 269 g/mol. The van der Waals surface area contributed by atoms with Gasteiger partial charge in [0.05, 0.1) is 5.69 Å². The Hall–Kier alpha value is -1.90. The predicted octanol–water partition coefficient (Wildman–Crippen LogP) is 4.18. The minimum Gasteiger partial charge on any atom is -0.373 e. The summed E-state index contributed by atoms with van der Waals surface area (Å²) in [5.74, 6) is 2.11. The summed E-state index contributed by atoms with van der Waals surface area (Å²) >= 11 is 0. The van der Waals surface area contributed by atoms with E-state index in [0.29, 0.717) is 5.92 Å². The summed E-state index contributed by atoms with van der Waals surface area (Å²) in [6, 6.07) is 8.64. The van der Waals surface area contributed by atoms with Crippen molar-refractivity contribution >= 4 is 5.82 Å². The predicted molar refractivity (Wildman–Crippen MR) is 85.2 cm³/mol. The molecule has 0 atom stereocenters. The molecule has 0 saturated carbocycles. The van der Waals surface area contributed by atoms with Gasteiger partial charge in [0.25, 0.3) is 0 Å². The van der Waals surface area contributed by atoms with Crippen molar-refractivity contribution in [3.63, 3.8) is 0 Å². The van der Waals surface area contributed by atoms with Gasteiger partial charge in [-0.15, -0.1) is 0 Å². The number of aryl methyl sites for hydroxylation is 1. The van der Waals surface area contributed by atoms with Crippen LogP contribution in [0.15, 0.2) is 24.3 Å². The number of rotatable bonds is 4. The molecule has 0 bridgehead atoms. The van der Waals surface area contributed by atoms with Gasteiger partial charge in [-0.2, -0.15) is 0 Å². The average Bonchev–Trinajstić information content (AvgIpc) is 2.47. The van der Waals surface area contributed by atoms with Crippen LogP contribution in [0.1, 0.15) is 43.6 Å². The standard InChI is InChI=1S/C17H23N3/c1-6-13-7-9-14(10-8-13)15-12(4)17(18-5)20-16(19-15)11(2)3/h7-11H,6H2,1-5H3,(H,18,19,20). The maximum absolute atomic E-state index is 4.76. The highest BCUT2D eigenvalue weighted by atomic mass is 15.0. The Labute approximate surface area is 121 Å². The quantitative estimate of drug-likeness (QED) is 0.904. The van der Waals surface area contributed by atoms with E-state index in [1.165, 1.54) is 5.56 Å². The maximum Gasteiger partial charge on any atom is 0.133 e. The summed E-state index contributed by atoms with van der Waals surface area (Å²) in [4.78, 5) is 9.34. The molecule has 1 aromatic carbocycles. The molecule has 0 aliphatic heterocycles. The van der Waals surface area contributed by atoms with E-state index in [2.05, 4.69) is 62.3 Å². The van der Waals surface area contributed by atoms with Crippen LogP contribution in [0.4, 0.5) is 5.82 Å². The van der Waals surface area contributed by atoms with Gasteiger partial charge in [0.2, 0.25) is 0 Å². The fraction of sp³-hybridized carbons (Fsp3) is 0.412. The molecule has 3 nitrogen and oxygen atoms in total. The summed E-state index contributed by atoms with van der Waals surface area (Å²) < 4.78 is 0. The van der Waals surface area contributed by atoms with Gasteiger partial charge in [-0.3, -0.25) is 0 Å². The molecule has 0 spiro atoms. The number of hydrogen-bond donors (Lipinski definition) is 1. The Bertz CT molecular complexity index is 586. The SMILES string of the molecule is CCc1ccc(-c2nc(C(C)C)nc(NC)c2C)cc1. The zero-order valence-corrected chi connectivity index (χ0v) is 13.0. The first-order valence-electron chi connectivity index (χ1n) is 7.22.